The maximum absolute atomic E-state index is 14.5. The summed E-state index contributed by atoms with van der Waals surface area (Å²) in [7, 11) is 0. The summed E-state index contributed by atoms with van der Waals surface area (Å²) in [6, 6.07) is 13.5. The third kappa shape index (κ3) is 3.56. The molecule has 7 nitrogen and oxygen atoms in total. The zero-order valence-electron chi connectivity index (χ0n) is 20.4. The second-order valence-corrected chi connectivity index (χ2v) is 10.4. The largest absolute Gasteiger partial charge is 0.481 e. The van der Waals surface area contributed by atoms with Gasteiger partial charge in [-0.3, -0.25) is 4.79 Å². The van der Waals surface area contributed by atoms with Crippen molar-refractivity contribution in [1.29, 1.82) is 0 Å². The summed E-state index contributed by atoms with van der Waals surface area (Å²) in [6.07, 6.45) is 7.32. The first kappa shape index (κ1) is 22.9. The van der Waals surface area contributed by atoms with Gasteiger partial charge in [0.15, 0.2) is 11.5 Å². The van der Waals surface area contributed by atoms with E-state index < -0.39 is 23.5 Å². The minimum Gasteiger partial charge on any atom is -0.481 e. The van der Waals surface area contributed by atoms with E-state index in [1.165, 1.54) is 6.07 Å². The summed E-state index contributed by atoms with van der Waals surface area (Å²) < 4.78 is 30.6. The number of aliphatic carboxylic acids is 1. The van der Waals surface area contributed by atoms with Crippen LogP contribution in [0, 0.1) is 29.4 Å². The van der Waals surface area contributed by atoms with Gasteiger partial charge in [0.05, 0.1) is 16.8 Å². The number of fused-ring (bicyclic) bond motifs is 5. The van der Waals surface area contributed by atoms with Gasteiger partial charge in [-0.15, -0.1) is 0 Å². The summed E-state index contributed by atoms with van der Waals surface area (Å²) >= 11 is 0. The molecule has 0 aliphatic heterocycles. The number of halogens is 2. The fraction of sp³-hybridized carbons (Fsp3) is 0.276. The second-order valence-electron chi connectivity index (χ2n) is 10.4. The molecule has 192 valence electrons. The molecule has 3 aromatic heterocycles. The van der Waals surface area contributed by atoms with Gasteiger partial charge in [0, 0.05) is 41.1 Å². The summed E-state index contributed by atoms with van der Waals surface area (Å²) in [6.45, 7) is 0. The Hall–Kier alpha value is -4.27. The van der Waals surface area contributed by atoms with Gasteiger partial charge >= 0.3 is 5.97 Å². The molecule has 3 saturated carbocycles. The van der Waals surface area contributed by atoms with Crippen molar-refractivity contribution >= 4 is 33.7 Å². The second kappa shape index (κ2) is 8.65. The number of carbonyl (C=O) groups is 1. The zero-order chi connectivity index (χ0) is 26.0. The lowest BCUT2D eigenvalue weighted by atomic mass is 9.61. The van der Waals surface area contributed by atoms with Crippen LogP contribution in [0.15, 0.2) is 60.9 Å². The Balaban J connectivity index is 1.42. The first-order chi connectivity index (χ1) is 18.5. The molecular weight excluding hydrogens is 488 g/mol. The molecule has 38 heavy (non-hydrogen) atoms. The summed E-state index contributed by atoms with van der Waals surface area (Å²) in [4.78, 5) is 24.9. The number of H-pyrrole nitrogens is 1. The number of carboxylic acid groups (broad SMARTS) is 1. The highest BCUT2D eigenvalue weighted by atomic mass is 19.1. The molecule has 5 aromatic rings. The lowest BCUT2D eigenvalue weighted by molar-refractivity contribution is -0.148. The molecule has 3 aliphatic carbocycles. The predicted molar refractivity (Wildman–Crippen MR) is 140 cm³/mol. The number of para-hydroxylation sites is 1. The Morgan fingerprint density at radius 3 is 2.53 bits per heavy atom. The van der Waals surface area contributed by atoms with Crippen LogP contribution in [0.4, 0.5) is 14.6 Å². The Morgan fingerprint density at radius 1 is 1.00 bits per heavy atom. The van der Waals surface area contributed by atoms with Gasteiger partial charge in [0.2, 0.25) is 0 Å². The van der Waals surface area contributed by atoms with Crippen molar-refractivity contribution in [2.75, 3.05) is 5.32 Å². The molecule has 0 amide bonds. The lowest BCUT2D eigenvalue weighted by Crippen LogP contribution is -2.51. The minimum absolute atomic E-state index is 0.139. The van der Waals surface area contributed by atoms with E-state index in [4.69, 9.17) is 9.97 Å². The normalized spacial score (nSPS) is 22.8. The van der Waals surface area contributed by atoms with E-state index in [1.807, 2.05) is 47.2 Å². The third-order valence-corrected chi connectivity index (χ3v) is 8.33. The van der Waals surface area contributed by atoms with Gasteiger partial charge in [0.1, 0.15) is 17.5 Å². The number of aromatic nitrogens is 4. The van der Waals surface area contributed by atoms with Crippen LogP contribution >= 0.6 is 0 Å². The molecule has 3 heterocycles. The third-order valence-electron chi connectivity index (χ3n) is 8.33. The van der Waals surface area contributed by atoms with Crippen molar-refractivity contribution in [1.82, 2.24) is 19.5 Å². The van der Waals surface area contributed by atoms with E-state index in [9.17, 15) is 18.7 Å². The molecule has 0 radical (unpaired) electrons. The van der Waals surface area contributed by atoms with E-state index in [0.29, 0.717) is 28.2 Å². The van der Waals surface area contributed by atoms with E-state index in [1.54, 1.807) is 6.20 Å². The molecular formula is C29H25F2N5O2. The van der Waals surface area contributed by atoms with Crippen molar-refractivity contribution in [3.05, 3.63) is 72.6 Å². The Labute approximate surface area is 216 Å². The fourth-order valence-corrected chi connectivity index (χ4v) is 6.55. The molecule has 2 atom stereocenters. The number of anilines is 1. The van der Waals surface area contributed by atoms with Crippen molar-refractivity contribution in [3.8, 4) is 17.1 Å². The summed E-state index contributed by atoms with van der Waals surface area (Å²) in [5.41, 5.74) is 2.15. The van der Waals surface area contributed by atoms with Gasteiger partial charge in [-0.25, -0.2) is 18.7 Å². The molecule has 0 spiro atoms. The number of benzene rings is 2. The maximum Gasteiger partial charge on any atom is 0.308 e. The summed E-state index contributed by atoms with van der Waals surface area (Å²) in [5, 5.41) is 14.7. The Morgan fingerprint density at radius 2 is 1.76 bits per heavy atom. The molecule has 3 aliphatic rings. The average molecular weight is 514 g/mol. The van der Waals surface area contributed by atoms with Gasteiger partial charge in [-0.05, 0) is 61.8 Å². The number of hydrogen-bond acceptors (Lipinski definition) is 4. The van der Waals surface area contributed by atoms with Crippen LogP contribution in [0.3, 0.4) is 0 Å². The highest BCUT2D eigenvalue weighted by molar-refractivity contribution is 5.97. The minimum atomic E-state index is -0.785. The molecule has 2 bridgehead atoms. The number of nitrogens with zero attached hydrogens (tertiary/aromatic N) is 3. The van der Waals surface area contributed by atoms with E-state index >= 15 is 0 Å². The van der Waals surface area contributed by atoms with Crippen molar-refractivity contribution < 1.29 is 18.7 Å². The monoisotopic (exact) mass is 513 g/mol. The molecule has 2 aromatic carbocycles. The van der Waals surface area contributed by atoms with Crippen molar-refractivity contribution in [2.45, 2.75) is 31.7 Å². The molecule has 9 heteroatoms. The van der Waals surface area contributed by atoms with E-state index in [-0.39, 0.29) is 23.4 Å². The van der Waals surface area contributed by atoms with Crippen LogP contribution in [0.1, 0.15) is 25.7 Å². The lowest BCUT2D eigenvalue weighted by Gasteiger charge is -2.47. The van der Waals surface area contributed by atoms with Gasteiger partial charge in [0.25, 0.3) is 0 Å². The summed E-state index contributed by atoms with van der Waals surface area (Å²) in [5.74, 6) is -1.47. The van der Waals surface area contributed by atoms with Crippen LogP contribution in [-0.2, 0) is 4.79 Å². The predicted octanol–water partition coefficient (Wildman–Crippen LogP) is 6.15. The number of hydrogen-bond donors (Lipinski definition) is 3. The Bertz CT molecular complexity index is 1690. The standard InChI is InChI=1S/C29H25F2N5O2/c30-17-12-20-21(14-32-25(20)22(31)13-17)27-34-26(33-24-16-8-6-15(7-9-16)23(24)29(37)38)19-10-11-36(28(19)35-27)18-4-2-1-3-5-18/h1-5,10-16,23-24,32H,6-9H2,(H,37,38)(H,33,34,35). The van der Waals surface area contributed by atoms with E-state index in [2.05, 4.69) is 10.3 Å². The molecule has 2 unspecified atom stereocenters. The maximum atomic E-state index is 14.5. The quantitative estimate of drug-likeness (QED) is 0.262. The van der Waals surface area contributed by atoms with Crippen molar-refractivity contribution in [3.63, 3.8) is 0 Å². The molecule has 8 rings (SSSR count). The average Bonchev–Trinajstić information content (AvgIpc) is 3.54. The van der Waals surface area contributed by atoms with Gasteiger partial charge in [-0.1, -0.05) is 18.2 Å². The van der Waals surface area contributed by atoms with Crippen LogP contribution < -0.4 is 5.32 Å². The van der Waals surface area contributed by atoms with Crippen LogP contribution in [-0.4, -0.2) is 36.6 Å². The highest BCUT2D eigenvalue weighted by Crippen LogP contribution is 2.47. The van der Waals surface area contributed by atoms with Crippen LogP contribution in [0.25, 0.3) is 39.0 Å². The molecule has 3 N–H and O–H groups in total. The SMILES string of the molecule is O=C(O)C1C2CCC(CC2)C1Nc1nc(-c2c[nH]c3c(F)cc(F)cc23)nc2c1ccn2-c1ccccc1. The van der Waals surface area contributed by atoms with E-state index in [0.717, 1.165) is 42.8 Å². The number of carboxylic acids is 1. The number of nitrogens with one attached hydrogen (secondary N) is 2. The first-order valence-corrected chi connectivity index (χ1v) is 12.9. The smallest absolute Gasteiger partial charge is 0.308 e. The topological polar surface area (TPSA) is 95.8 Å². The van der Waals surface area contributed by atoms with Crippen molar-refractivity contribution in [2.24, 2.45) is 17.8 Å². The van der Waals surface area contributed by atoms with Gasteiger partial charge < -0.3 is 20.0 Å². The number of aromatic amines is 1. The molecule has 0 saturated heterocycles. The zero-order valence-corrected chi connectivity index (χ0v) is 20.4. The number of rotatable bonds is 5. The van der Waals surface area contributed by atoms with Crippen LogP contribution in [0.2, 0.25) is 0 Å². The first-order valence-electron chi connectivity index (χ1n) is 12.9. The van der Waals surface area contributed by atoms with Crippen LogP contribution in [0.5, 0.6) is 0 Å². The molecule has 3 fully saturated rings. The fourth-order valence-electron chi connectivity index (χ4n) is 6.55. The highest BCUT2D eigenvalue weighted by Gasteiger charge is 2.47. The van der Waals surface area contributed by atoms with Gasteiger partial charge in [-0.2, -0.15) is 0 Å². The Kier molecular flexibility index (Phi) is 5.21.